The maximum atomic E-state index is 12.1. The van der Waals surface area contributed by atoms with Crippen LogP contribution in [0.1, 0.15) is 31.2 Å². The Hall–Kier alpha value is -1.40. The monoisotopic (exact) mass is 335 g/mol. The van der Waals surface area contributed by atoms with Crippen LogP contribution in [0.5, 0.6) is 0 Å². The fraction of sp³-hybridized carbons (Fsp3) is 0.647. The molecule has 126 valence electrons. The van der Waals surface area contributed by atoms with E-state index in [9.17, 15) is 9.59 Å². The van der Waals surface area contributed by atoms with Gasteiger partial charge in [0.25, 0.3) is 0 Å². The molecule has 1 aromatic heterocycles. The predicted molar refractivity (Wildman–Crippen MR) is 91.4 cm³/mol. The Kier molecular flexibility index (Phi) is 5.33. The Bertz CT molecular complexity index is 538. The molecule has 6 heteroatoms. The Balaban J connectivity index is 1.39. The van der Waals surface area contributed by atoms with Gasteiger partial charge in [0.1, 0.15) is 0 Å². The van der Waals surface area contributed by atoms with Gasteiger partial charge in [-0.05, 0) is 48.1 Å². The van der Waals surface area contributed by atoms with E-state index in [0.29, 0.717) is 6.42 Å². The summed E-state index contributed by atoms with van der Waals surface area (Å²) in [6.45, 7) is 2.67. The van der Waals surface area contributed by atoms with Crippen molar-refractivity contribution in [2.75, 3.05) is 26.7 Å². The maximum Gasteiger partial charge on any atom is 0.239 e. The predicted octanol–water partition coefficient (Wildman–Crippen LogP) is 1.49. The molecule has 3 heterocycles. The summed E-state index contributed by atoms with van der Waals surface area (Å²) in [4.78, 5) is 28.2. The highest BCUT2D eigenvalue weighted by Crippen LogP contribution is 2.20. The fourth-order valence-corrected chi connectivity index (χ4v) is 4.19. The molecule has 1 N–H and O–H groups in total. The molecule has 1 unspecified atom stereocenters. The zero-order valence-corrected chi connectivity index (χ0v) is 14.5. The van der Waals surface area contributed by atoms with Crippen LogP contribution in [0.3, 0.4) is 0 Å². The number of carbonyl (C=O) groups excluding carboxylic acids is 2. The number of carbonyl (C=O) groups is 2. The van der Waals surface area contributed by atoms with Gasteiger partial charge in [0.2, 0.25) is 11.8 Å². The van der Waals surface area contributed by atoms with Gasteiger partial charge < -0.3 is 10.2 Å². The van der Waals surface area contributed by atoms with Crippen molar-refractivity contribution >= 4 is 23.2 Å². The van der Waals surface area contributed by atoms with Gasteiger partial charge in [-0.2, -0.15) is 11.3 Å². The van der Waals surface area contributed by atoms with E-state index in [1.807, 2.05) is 17.3 Å². The van der Waals surface area contributed by atoms with Crippen LogP contribution in [0, 0.1) is 0 Å². The van der Waals surface area contributed by atoms with Gasteiger partial charge in [-0.15, -0.1) is 0 Å². The highest BCUT2D eigenvalue weighted by molar-refractivity contribution is 7.07. The number of thiophene rings is 1. The highest BCUT2D eigenvalue weighted by Gasteiger charge is 2.35. The molecule has 0 spiro atoms. The summed E-state index contributed by atoms with van der Waals surface area (Å²) in [5.41, 5.74) is 1.24. The van der Waals surface area contributed by atoms with Crippen molar-refractivity contribution in [2.45, 2.75) is 44.2 Å². The number of amides is 2. The molecule has 1 aromatic rings. The van der Waals surface area contributed by atoms with Crippen LogP contribution in [0.25, 0.3) is 0 Å². The zero-order chi connectivity index (χ0) is 16.2. The maximum absolute atomic E-state index is 12.1. The standard InChI is InChI=1S/C17H25N3O2S/c1-19-8-6-15(17(19)22)20-9-4-14(5-10-20)18-16(21)3-2-13-7-11-23-12-13/h7,11-12,14-15H,2-6,8-10H2,1H3,(H,18,21). The lowest BCUT2D eigenvalue weighted by atomic mass is 10.0. The number of hydrogen-bond donors (Lipinski definition) is 1. The smallest absolute Gasteiger partial charge is 0.239 e. The first-order chi connectivity index (χ1) is 11.1. The number of hydrogen-bond acceptors (Lipinski definition) is 4. The van der Waals surface area contributed by atoms with Gasteiger partial charge in [0.15, 0.2) is 0 Å². The fourth-order valence-electron chi connectivity index (χ4n) is 3.49. The summed E-state index contributed by atoms with van der Waals surface area (Å²) in [5, 5.41) is 7.30. The average molecular weight is 335 g/mol. The van der Waals surface area contributed by atoms with E-state index >= 15 is 0 Å². The van der Waals surface area contributed by atoms with Gasteiger partial charge in [-0.25, -0.2) is 0 Å². The van der Waals surface area contributed by atoms with Crippen LogP contribution in [0.15, 0.2) is 16.8 Å². The van der Waals surface area contributed by atoms with E-state index in [0.717, 1.165) is 45.3 Å². The number of likely N-dealkylation sites (N-methyl/N-ethyl adjacent to an activating group) is 1. The largest absolute Gasteiger partial charge is 0.353 e. The van der Waals surface area contributed by atoms with Crippen LogP contribution in [0.4, 0.5) is 0 Å². The summed E-state index contributed by atoms with van der Waals surface area (Å²) in [7, 11) is 1.88. The van der Waals surface area contributed by atoms with Crippen molar-refractivity contribution in [1.29, 1.82) is 0 Å². The van der Waals surface area contributed by atoms with Crippen molar-refractivity contribution in [2.24, 2.45) is 0 Å². The van der Waals surface area contributed by atoms with E-state index < -0.39 is 0 Å². The summed E-state index contributed by atoms with van der Waals surface area (Å²) in [5.74, 6) is 0.398. The molecular weight excluding hydrogens is 310 g/mol. The molecule has 0 aromatic carbocycles. The lowest BCUT2D eigenvalue weighted by Crippen LogP contribution is -2.50. The molecule has 0 aliphatic carbocycles. The van der Waals surface area contributed by atoms with Crippen molar-refractivity contribution < 1.29 is 9.59 Å². The van der Waals surface area contributed by atoms with E-state index in [-0.39, 0.29) is 23.9 Å². The van der Waals surface area contributed by atoms with E-state index in [1.165, 1.54) is 5.56 Å². The third kappa shape index (κ3) is 4.12. The molecule has 1 atom stereocenters. The minimum atomic E-state index is 0.0650. The highest BCUT2D eigenvalue weighted by atomic mass is 32.1. The van der Waals surface area contributed by atoms with Gasteiger partial charge in [-0.1, -0.05) is 0 Å². The third-order valence-corrected chi connectivity index (χ3v) is 5.69. The molecule has 0 radical (unpaired) electrons. The molecule has 3 rings (SSSR count). The minimum absolute atomic E-state index is 0.0650. The SMILES string of the molecule is CN1CCC(N2CCC(NC(=O)CCc3ccsc3)CC2)C1=O. The second kappa shape index (κ2) is 7.45. The van der Waals surface area contributed by atoms with Crippen molar-refractivity contribution in [3.05, 3.63) is 22.4 Å². The van der Waals surface area contributed by atoms with Crippen LogP contribution in [0.2, 0.25) is 0 Å². The normalized spacial score (nSPS) is 23.4. The second-order valence-electron chi connectivity index (χ2n) is 6.57. The summed E-state index contributed by atoms with van der Waals surface area (Å²) >= 11 is 1.67. The second-order valence-corrected chi connectivity index (χ2v) is 7.35. The van der Waals surface area contributed by atoms with Crippen LogP contribution in [-0.2, 0) is 16.0 Å². The molecule has 2 saturated heterocycles. The number of nitrogens with one attached hydrogen (secondary N) is 1. The first-order valence-electron chi connectivity index (χ1n) is 8.43. The molecular formula is C17H25N3O2S. The lowest BCUT2D eigenvalue weighted by Gasteiger charge is -2.35. The van der Waals surface area contributed by atoms with Gasteiger partial charge in [0.05, 0.1) is 6.04 Å². The topological polar surface area (TPSA) is 52.6 Å². The van der Waals surface area contributed by atoms with E-state index in [2.05, 4.69) is 21.7 Å². The molecule has 2 aliphatic rings. The molecule has 2 amide bonds. The van der Waals surface area contributed by atoms with Crippen LogP contribution in [-0.4, -0.2) is 60.4 Å². The van der Waals surface area contributed by atoms with E-state index in [4.69, 9.17) is 0 Å². The van der Waals surface area contributed by atoms with E-state index in [1.54, 1.807) is 11.3 Å². The van der Waals surface area contributed by atoms with Crippen molar-refractivity contribution in [3.8, 4) is 0 Å². The molecule has 0 bridgehead atoms. The van der Waals surface area contributed by atoms with Gasteiger partial charge in [0, 0.05) is 39.1 Å². The number of nitrogens with zero attached hydrogens (tertiary/aromatic N) is 2. The minimum Gasteiger partial charge on any atom is -0.353 e. The van der Waals surface area contributed by atoms with Crippen molar-refractivity contribution in [1.82, 2.24) is 15.1 Å². The lowest BCUT2D eigenvalue weighted by molar-refractivity contribution is -0.131. The van der Waals surface area contributed by atoms with Crippen LogP contribution >= 0.6 is 11.3 Å². The quantitative estimate of drug-likeness (QED) is 0.887. The Morgan fingerprint density at radius 3 is 2.70 bits per heavy atom. The Morgan fingerprint density at radius 1 is 1.30 bits per heavy atom. The number of aryl methyl sites for hydroxylation is 1. The molecule has 5 nitrogen and oxygen atoms in total. The van der Waals surface area contributed by atoms with Gasteiger partial charge >= 0.3 is 0 Å². The third-order valence-electron chi connectivity index (χ3n) is 4.96. The Labute approximate surface area is 141 Å². The summed E-state index contributed by atoms with van der Waals surface area (Å²) in [6.07, 6.45) is 4.20. The number of piperidine rings is 1. The zero-order valence-electron chi connectivity index (χ0n) is 13.7. The summed E-state index contributed by atoms with van der Waals surface area (Å²) in [6, 6.07) is 2.40. The first-order valence-corrected chi connectivity index (χ1v) is 9.37. The van der Waals surface area contributed by atoms with Gasteiger partial charge in [-0.3, -0.25) is 14.5 Å². The first kappa shape index (κ1) is 16.5. The van der Waals surface area contributed by atoms with Crippen molar-refractivity contribution in [3.63, 3.8) is 0 Å². The number of likely N-dealkylation sites (tertiary alicyclic amines) is 2. The molecule has 23 heavy (non-hydrogen) atoms. The average Bonchev–Trinajstić information content (AvgIpc) is 3.18. The van der Waals surface area contributed by atoms with Crippen LogP contribution < -0.4 is 5.32 Å². The molecule has 2 aliphatic heterocycles. The molecule has 0 saturated carbocycles. The molecule has 2 fully saturated rings. The Morgan fingerprint density at radius 2 is 2.09 bits per heavy atom. The summed E-state index contributed by atoms with van der Waals surface area (Å²) < 4.78 is 0. The number of rotatable bonds is 5.